The lowest BCUT2D eigenvalue weighted by atomic mass is 10.1. The van der Waals surface area contributed by atoms with Crippen LogP contribution in [-0.4, -0.2) is 11.8 Å². The molecule has 0 aromatic heterocycles. The maximum atomic E-state index is 12.2. The first-order chi connectivity index (χ1) is 10.5. The van der Waals surface area contributed by atoms with E-state index in [4.69, 9.17) is 23.2 Å². The van der Waals surface area contributed by atoms with Gasteiger partial charge in [0.15, 0.2) is 0 Å². The molecule has 0 atom stereocenters. The molecule has 0 bridgehead atoms. The Bertz CT molecular complexity index is 697. The second-order valence-electron chi connectivity index (χ2n) is 4.59. The van der Waals surface area contributed by atoms with Gasteiger partial charge in [0.25, 0.3) is 5.91 Å². The molecule has 0 heterocycles. The molecule has 0 spiro atoms. The summed E-state index contributed by atoms with van der Waals surface area (Å²) >= 11 is 11.8. The van der Waals surface area contributed by atoms with Crippen LogP contribution in [0, 0.1) is 0 Å². The topological polar surface area (TPSA) is 58.2 Å². The summed E-state index contributed by atoms with van der Waals surface area (Å²) in [5, 5.41) is 6.30. The lowest BCUT2D eigenvalue weighted by Crippen LogP contribution is -2.13. The molecule has 0 saturated carbocycles. The third-order valence-corrected chi connectivity index (χ3v) is 3.29. The molecule has 6 heteroatoms. The number of hydrogen-bond donors (Lipinski definition) is 2. The molecule has 0 saturated heterocycles. The Labute approximate surface area is 138 Å². The van der Waals surface area contributed by atoms with Crippen molar-refractivity contribution in [2.45, 2.75) is 13.3 Å². The largest absolute Gasteiger partial charge is 0.326 e. The fraction of sp³-hybridized carbons (Fsp3) is 0.125. The van der Waals surface area contributed by atoms with Crippen LogP contribution in [0.3, 0.4) is 0 Å². The lowest BCUT2D eigenvalue weighted by molar-refractivity contribution is -0.115. The van der Waals surface area contributed by atoms with Crippen LogP contribution in [0.2, 0.25) is 10.0 Å². The highest BCUT2D eigenvalue weighted by Gasteiger charge is 2.09. The zero-order valence-electron chi connectivity index (χ0n) is 11.8. The van der Waals surface area contributed by atoms with Crippen molar-refractivity contribution < 1.29 is 9.59 Å². The van der Waals surface area contributed by atoms with Crippen LogP contribution in [0.15, 0.2) is 42.5 Å². The minimum atomic E-state index is -0.314. The molecule has 22 heavy (non-hydrogen) atoms. The maximum absolute atomic E-state index is 12.2. The SMILES string of the molecule is CCC(=O)Nc1cccc(C(=O)Nc2cc(Cl)cc(Cl)c2)c1. The number of carbonyl (C=O) groups is 2. The van der Waals surface area contributed by atoms with Crippen LogP contribution in [-0.2, 0) is 4.79 Å². The van der Waals surface area contributed by atoms with E-state index in [0.29, 0.717) is 33.4 Å². The van der Waals surface area contributed by atoms with Crippen LogP contribution in [0.1, 0.15) is 23.7 Å². The number of halogens is 2. The first-order valence-corrected chi connectivity index (χ1v) is 7.41. The highest BCUT2D eigenvalue weighted by atomic mass is 35.5. The fourth-order valence-electron chi connectivity index (χ4n) is 1.82. The van der Waals surface area contributed by atoms with E-state index in [9.17, 15) is 9.59 Å². The van der Waals surface area contributed by atoms with Crippen LogP contribution < -0.4 is 10.6 Å². The highest BCUT2D eigenvalue weighted by Crippen LogP contribution is 2.23. The van der Waals surface area contributed by atoms with Gasteiger partial charge in [-0.1, -0.05) is 36.2 Å². The molecule has 2 N–H and O–H groups in total. The Kier molecular flexibility index (Phi) is 5.41. The maximum Gasteiger partial charge on any atom is 0.255 e. The van der Waals surface area contributed by atoms with Crippen LogP contribution in [0.4, 0.5) is 11.4 Å². The van der Waals surface area contributed by atoms with Gasteiger partial charge in [-0.3, -0.25) is 9.59 Å². The standard InChI is InChI=1S/C16H14Cl2N2O2/c1-2-15(21)19-13-5-3-4-10(6-13)16(22)20-14-8-11(17)7-12(18)9-14/h3-9H,2H2,1H3,(H,19,21)(H,20,22). The van der Waals surface area contributed by atoms with E-state index in [1.54, 1.807) is 49.4 Å². The second-order valence-corrected chi connectivity index (χ2v) is 5.47. The van der Waals surface area contributed by atoms with Crippen molar-refractivity contribution in [2.24, 2.45) is 0 Å². The van der Waals surface area contributed by atoms with Crippen molar-refractivity contribution in [3.63, 3.8) is 0 Å². The molecule has 0 fully saturated rings. The number of benzene rings is 2. The van der Waals surface area contributed by atoms with Gasteiger partial charge in [0.05, 0.1) is 0 Å². The van der Waals surface area contributed by atoms with Crippen molar-refractivity contribution in [3.8, 4) is 0 Å². The second kappa shape index (κ2) is 7.29. The molecule has 0 unspecified atom stereocenters. The molecule has 4 nitrogen and oxygen atoms in total. The number of nitrogens with one attached hydrogen (secondary N) is 2. The Balaban J connectivity index is 2.15. The third-order valence-electron chi connectivity index (χ3n) is 2.85. The molecule has 114 valence electrons. The monoisotopic (exact) mass is 336 g/mol. The van der Waals surface area contributed by atoms with Crippen molar-refractivity contribution in [3.05, 3.63) is 58.1 Å². The molecule has 0 aliphatic carbocycles. The number of rotatable bonds is 4. The van der Waals surface area contributed by atoms with E-state index in [1.807, 2.05) is 0 Å². The number of hydrogen-bond acceptors (Lipinski definition) is 2. The summed E-state index contributed by atoms with van der Waals surface area (Å²) in [7, 11) is 0. The highest BCUT2D eigenvalue weighted by molar-refractivity contribution is 6.35. The van der Waals surface area contributed by atoms with E-state index in [0.717, 1.165) is 0 Å². The Morgan fingerprint density at radius 3 is 2.27 bits per heavy atom. The van der Waals surface area contributed by atoms with E-state index in [2.05, 4.69) is 10.6 Å². The minimum absolute atomic E-state index is 0.112. The predicted molar refractivity (Wildman–Crippen MR) is 89.8 cm³/mol. The number of amides is 2. The summed E-state index contributed by atoms with van der Waals surface area (Å²) in [6.45, 7) is 1.76. The van der Waals surface area contributed by atoms with E-state index < -0.39 is 0 Å². The summed E-state index contributed by atoms with van der Waals surface area (Å²) in [6.07, 6.45) is 0.372. The first-order valence-electron chi connectivity index (χ1n) is 6.65. The molecule has 0 aliphatic rings. The van der Waals surface area contributed by atoms with E-state index >= 15 is 0 Å². The van der Waals surface area contributed by atoms with Crippen LogP contribution in [0.5, 0.6) is 0 Å². The van der Waals surface area contributed by atoms with Gasteiger partial charge in [0.1, 0.15) is 0 Å². The van der Waals surface area contributed by atoms with Gasteiger partial charge in [-0.15, -0.1) is 0 Å². The van der Waals surface area contributed by atoms with Gasteiger partial charge in [0.2, 0.25) is 5.91 Å². The van der Waals surface area contributed by atoms with Crippen molar-refractivity contribution in [2.75, 3.05) is 10.6 Å². The van der Waals surface area contributed by atoms with Crippen LogP contribution >= 0.6 is 23.2 Å². The lowest BCUT2D eigenvalue weighted by Gasteiger charge is -2.08. The molecule has 0 radical (unpaired) electrons. The Hall–Kier alpha value is -2.04. The summed E-state index contributed by atoms with van der Waals surface area (Å²) in [5.74, 6) is -0.426. The number of carbonyl (C=O) groups excluding carboxylic acids is 2. The first kappa shape index (κ1) is 16.3. The predicted octanol–water partition coefficient (Wildman–Crippen LogP) is 4.59. The molecule has 2 aromatic carbocycles. The summed E-state index contributed by atoms with van der Waals surface area (Å²) in [5.41, 5.74) is 1.50. The molecule has 0 aliphatic heterocycles. The van der Waals surface area contributed by atoms with Gasteiger partial charge in [0, 0.05) is 33.4 Å². The smallest absolute Gasteiger partial charge is 0.255 e. The zero-order chi connectivity index (χ0) is 16.1. The molecule has 2 aromatic rings. The normalized spacial score (nSPS) is 10.1. The average Bonchev–Trinajstić information content (AvgIpc) is 2.46. The van der Waals surface area contributed by atoms with Gasteiger partial charge < -0.3 is 10.6 Å². The van der Waals surface area contributed by atoms with Gasteiger partial charge in [-0.25, -0.2) is 0 Å². The van der Waals surface area contributed by atoms with Gasteiger partial charge >= 0.3 is 0 Å². The molecule has 2 rings (SSSR count). The zero-order valence-corrected chi connectivity index (χ0v) is 13.3. The summed E-state index contributed by atoms with van der Waals surface area (Å²) < 4.78 is 0. The Morgan fingerprint density at radius 2 is 1.64 bits per heavy atom. The van der Waals surface area contributed by atoms with Crippen molar-refractivity contribution >= 4 is 46.4 Å². The quantitative estimate of drug-likeness (QED) is 0.857. The van der Waals surface area contributed by atoms with Crippen LogP contribution in [0.25, 0.3) is 0 Å². The van der Waals surface area contributed by atoms with E-state index in [-0.39, 0.29) is 11.8 Å². The summed E-state index contributed by atoms with van der Waals surface area (Å²) in [6, 6.07) is 11.5. The fourth-order valence-corrected chi connectivity index (χ4v) is 2.34. The van der Waals surface area contributed by atoms with E-state index in [1.165, 1.54) is 0 Å². The third kappa shape index (κ3) is 4.48. The van der Waals surface area contributed by atoms with Gasteiger partial charge in [-0.2, -0.15) is 0 Å². The summed E-state index contributed by atoms with van der Waals surface area (Å²) in [4.78, 5) is 23.6. The molecular formula is C16H14Cl2N2O2. The molecular weight excluding hydrogens is 323 g/mol. The Morgan fingerprint density at radius 1 is 0.955 bits per heavy atom. The molecule has 2 amide bonds. The average molecular weight is 337 g/mol. The van der Waals surface area contributed by atoms with Crippen molar-refractivity contribution in [1.82, 2.24) is 0 Å². The number of anilines is 2. The van der Waals surface area contributed by atoms with Gasteiger partial charge in [-0.05, 0) is 36.4 Å². The van der Waals surface area contributed by atoms with Crippen molar-refractivity contribution in [1.29, 1.82) is 0 Å². The minimum Gasteiger partial charge on any atom is -0.326 e.